The topological polar surface area (TPSA) is 38.5 Å². The van der Waals surface area contributed by atoms with E-state index in [1.54, 1.807) is 0 Å². The molecular formula is C17H16F4N2O. The number of nitrogens with zero attached hydrogens (tertiary/aromatic N) is 1. The van der Waals surface area contributed by atoms with Crippen molar-refractivity contribution in [1.82, 2.24) is 0 Å². The van der Waals surface area contributed by atoms with E-state index in [1.807, 2.05) is 23.1 Å². The van der Waals surface area contributed by atoms with Crippen LogP contribution in [0.15, 0.2) is 36.4 Å². The van der Waals surface area contributed by atoms with E-state index < -0.39 is 17.6 Å². The molecule has 128 valence electrons. The second-order valence-electron chi connectivity index (χ2n) is 5.59. The van der Waals surface area contributed by atoms with Crippen LogP contribution >= 0.6 is 0 Å². The van der Waals surface area contributed by atoms with Gasteiger partial charge in [0.1, 0.15) is 18.2 Å². The molecule has 0 aliphatic carbocycles. The molecule has 3 nitrogen and oxygen atoms in total. The van der Waals surface area contributed by atoms with Crippen LogP contribution in [0.1, 0.15) is 16.7 Å². The number of nitrogens with two attached hydrogens (primary N) is 1. The monoisotopic (exact) mass is 340 g/mol. The van der Waals surface area contributed by atoms with E-state index in [0.29, 0.717) is 31.0 Å². The minimum atomic E-state index is -4.71. The highest BCUT2D eigenvalue weighted by Gasteiger charge is 2.34. The Labute approximate surface area is 136 Å². The molecule has 24 heavy (non-hydrogen) atoms. The van der Waals surface area contributed by atoms with E-state index in [2.05, 4.69) is 0 Å². The van der Waals surface area contributed by atoms with Gasteiger partial charge in [-0.1, -0.05) is 12.1 Å². The van der Waals surface area contributed by atoms with Crippen LogP contribution in [0.2, 0.25) is 0 Å². The number of hydrogen-bond donors (Lipinski definition) is 1. The van der Waals surface area contributed by atoms with Crippen molar-refractivity contribution in [2.24, 2.45) is 5.73 Å². The fourth-order valence-corrected chi connectivity index (χ4v) is 2.72. The van der Waals surface area contributed by atoms with Crippen molar-refractivity contribution < 1.29 is 22.3 Å². The minimum absolute atomic E-state index is 0.238. The minimum Gasteiger partial charge on any atom is -0.490 e. The molecular weight excluding hydrogens is 324 g/mol. The summed E-state index contributed by atoms with van der Waals surface area (Å²) < 4.78 is 57.5. The fraction of sp³-hybridized carbons (Fsp3) is 0.294. The molecule has 0 atom stereocenters. The summed E-state index contributed by atoms with van der Waals surface area (Å²) in [4.78, 5) is 1.91. The smallest absolute Gasteiger partial charge is 0.419 e. The highest BCUT2D eigenvalue weighted by atomic mass is 19.4. The molecule has 0 saturated carbocycles. The van der Waals surface area contributed by atoms with E-state index in [9.17, 15) is 17.6 Å². The van der Waals surface area contributed by atoms with Crippen LogP contribution < -0.4 is 15.4 Å². The Morgan fingerprint density at radius 2 is 1.83 bits per heavy atom. The predicted octanol–water partition coefficient (Wildman–Crippen LogP) is 3.70. The van der Waals surface area contributed by atoms with Crippen molar-refractivity contribution in [3.8, 4) is 5.75 Å². The van der Waals surface area contributed by atoms with Gasteiger partial charge >= 0.3 is 6.18 Å². The zero-order valence-corrected chi connectivity index (χ0v) is 12.7. The average molecular weight is 340 g/mol. The van der Waals surface area contributed by atoms with Crippen LogP contribution in [0.4, 0.5) is 23.2 Å². The van der Waals surface area contributed by atoms with Gasteiger partial charge in [0.05, 0.1) is 17.8 Å². The van der Waals surface area contributed by atoms with E-state index in [-0.39, 0.29) is 6.54 Å². The Bertz CT molecular complexity index is 746. The maximum absolute atomic E-state index is 13.4. The Balaban J connectivity index is 1.88. The van der Waals surface area contributed by atoms with Crippen molar-refractivity contribution in [2.75, 3.05) is 18.1 Å². The molecule has 2 aromatic carbocycles. The van der Waals surface area contributed by atoms with Crippen molar-refractivity contribution >= 4 is 5.69 Å². The number of ether oxygens (including phenoxy) is 1. The Kier molecular flexibility index (Phi) is 4.36. The molecule has 0 unspecified atom stereocenters. The summed E-state index contributed by atoms with van der Waals surface area (Å²) in [6.07, 6.45) is -4.71. The molecule has 7 heteroatoms. The normalized spacial score (nSPS) is 14.3. The van der Waals surface area contributed by atoms with Gasteiger partial charge < -0.3 is 15.4 Å². The number of fused-ring (bicyclic) bond motifs is 1. The molecule has 0 amide bonds. The molecule has 0 aromatic heterocycles. The van der Waals surface area contributed by atoms with Gasteiger partial charge in [-0.2, -0.15) is 13.2 Å². The zero-order chi connectivity index (χ0) is 17.3. The second-order valence-corrected chi connectivity index (χ2v) is 5.59. The first-order valence-corrected chi connectivity index (χ1v) is 7.45. The van der Waals surface area contributed by atoms with Gasteiger partial charge in [0.15, 0.2) is 0 Å². The summed E-state index contributed by atoms with van der Waals surface area (Å²) in [6.45, 7) is 1.58. The van der Waals surface area contributed by atoms with Crippen molar-refractivity contribution in [1.29, 1.82) is 0 Å². The van der Waals surface area contributed by atoms with Gasteiger partial charge in [-0.25, -0.2) is 4.39 Å². The summed E-state index contributed by atoms with van der Waals surface area (Å²) in [7, 11) is 0. The quantitative estimate of drug-likeness (QED) is 0.866. The van der Waals surface area contributed by atoms with E-state index >= 15 is 0 Å². The third-order valence-electron chi connectivity index (χ3n) is 3.93. The lowest BCUT2D eigenvalue weighted by Crippen LogP contribution is -2.32. The maximum atomic E-state index is 13.4. The summed E-state index contributed by atoms with van der Waals surface area (Å²) in [5, 5.41) is 0. The number of halogens is 4. The highest BCUT2D eigenvalue weighted by molar-refractivity contribution is 5.61. The van der Waals surface area contributed by atoms with Crippen LogP contribution in [-0.2, 0) is 19.3 Å². The molecule has 1 aliphatic rings. The Morgan fingerprint density at radius 3 is 2.54 bits per heavy atom. The van der Waals surface area contributed by atoms with Gasteiger partial charge in [0, 0.05) is 13.1 Å². The second kappa shape index (κ2) is 6.32. The summed E-state index contributed by atoms with van der Waals surface area (Å²) in [5.74, 6) is -0.608. The van der Waals surface area contributed by atoms with Gasteiger partial charge in [-0.15, -0.1) is 0 Å². The van der Waals surface area contributed by atoms with E-state index in [0.717, 1.165) is 23.4 Å². The number of alkyl halides is 3. The summed E-state index contributed by atoms with van der Waals surface area (Å²) >= 11 is 0. The molecule has 2 N–H and O–H groups in total. The lowest BCUT2D eigenvalue weighted by atomic mass is 10.1. The predicted molar refractivity (Wildman–Crippen MR) is 82.3 cm³/mol. The van der Waals surface area contributed by atoms with E-state index in [1.165, 1.54) is 6.07 Å². The van der Waals surface area contributed by atoms with Crippen LogP contribution in [0.3, 0.4) is 0 Å². The van der Waals surface area contributed by atoms with Gasteiger partial charge in [0.2, 0.25) is 0 Å². The first-order chi connectivity index (χ1) is 11.4. The molecule has 0 saturated heterocycles. The first-order valence-electron chi connectivity index (χ1n) is 7.45. The molecule has 1 aliphatic heterocycles. The molecule has 0 fully saturated rings. The number of benzene rings is 2. The summed E-state index contributed by atoms with van der Waals surface area (Å²) in [6, 6.07) is 8.61. The Hall–Kier alpha value is -2.28. The summed E-state index contributed by atoms with van der Waals surface area (Å²) in [5.41, 5.74) is 6.45. The lowest BCUT2D eigenvalue weighted by molar-refractivity contribution is -0.140. The Morgan fingerprint density at radius 1 is 1.08 bits per heavy atom. The first kappa shape index (κ1) is 16.6. The van der Waals surface area contributed by atoms with Crippen LogP contribution in [0, 0.1) is 5.82 Å². The van der Waals surface area contributed by atoms with Crippen molar-refractivity contribution in [3.63, 3.8) is 0 Å². The molecule has 0 bridgehead atoms. The largest absolute Gasteiger partial charge is 0.490 e. The molecule has 2 aromatic rings. The maximum Gasteiger partial charge on any atom is 0.419 e. The van der Waals surface area contributed by atoms with Crippen LogP contribution in [-0.4, -0.2) is 13.2 Å². The van der Waals surface area contributed by atoms with Crippen LogP contribution in [0.25, 0.3) is 0 Å². The molecule has 0 radical (unpaired) electrons. The third-order valence-corrected chi connectivity index (χ3v) is 3.93. The van der Waals surface area contributed by atoms with Crippen molar-refractivity contribution in [2.45, 2.75) is 19.3 Å². The van der Waals surface area contributed by atoms with E-state index in [4.69, 9.17) is 10.5 Å². The highest BCUT2D eigenvalue weighted by Crippen LogP contribution is 2.35. The zero-order valence-electron chi connectivity index (χ0n) is 12.7. The standard InChI is InChI=1S/C17H16F4N2O/c18-14-3-1-12(7-13(14)17(19,20)21)10-23-5-6-24-16-8-11(9-22)2-4-15(16)23/h1-4,7-8H,5-6,9-10,22H2. The van der Waals surface area contributed by atoms with Gasteiger partial charge in [-0.05, 0) is 35.4 Å². The van der Waals surface area contributed by atoms with Crippen LogP contribution in [0.5, 0.6) is 5.75 Å². The molecule has 0 spiro atoms. The number of rotatable bonds is 3. The van der Waals surface area contributed by atoms with Crippen molar-refractivity contribution in [3.05, 3.63) is 58.9 Å². The lowest BCUT2D eigenvalue weighted by Gasteiger charge is -2.31. The molecule has 3 rings (SSSR count). The third kappa shape index (κ3) is 3.31. The van der Waals surface area contributed by atoms with Gasteiger partial charge in [-0.3, -0.25) is 0 Å². The average Bonchev–Trinajstić information content (AvgIpc) is 2.55. The SMILES string of the molecule is NCc1ccc2c(c1)OCCN2Cc1ccc(F)c(C(F)(F)F)c1. The number of hydrogen-bond acceptors (Lipinski definition) is 3. The number of anilines is 1. The van der Waals surface area contributed by atoms with Gasteiger partial charge in [0.25, 0.3) is 0 Å². The molecule has 1 heterocycles. The fourth-order valence-electron chi connectivity index (χ4n) is 2.72.